The van der Waals surface area contributed by atoms with Crippen LogP contribution in [0.15, 0.2) is 39.9 Å². The second-order valence-corrected chi connectivity index (χ2v) is 10.5. The number of rotatable bonds is 7. The number of aromatic nitrogens is 2. The number of fused-ring (bicyclic) bond motifs is 1. The lowest BCUT2D eigenvalue weighted by atomic mass is 10.0. The van der Waals surface area contributed by atoms with Crippen molar-refractivity contribution in [3.63, 3.8) is 0 Å². The molecule has 3 heterocycles. The van der Waals surface area contributed by atoms with Gasteiger partial charge in [-0.25, -0.2) is 9.59 Å². The molecule has 3 amide bonds. The minimum atomic E-state index is -1.16. The average Bonchev–Trinajstić information content (AvgIpc) is 3.19. The van der Waals surface area contributed by atoms with Crippen LogP contribution in [-0.2, 0) is 16.1 Å². The molecule has 0 saturated carbocycles. The number of carboxylic acids is 1. The number of carboxylic acid groups (broad SMARTS) is 1. The van der Waals surface area contributed by atoms with E-state index in [0.29, 0.717) is 17.1 Å². The van der Waals surface area contributed by atoms with Crippen molar-refractivity contribution in [3.05, 3.63) is 46.1 Å². The Morgan fingerprint density at radius 2 is 2.03 bits per heavy atom. The summed E-state index contributed by atoms with van der Waals surface area (Å²) in [4.78, 5) is 38.1. The molecule has 10 nitrogen and oxygen atoms in total. The highest BCUT2D eigenvalue weighted by atomic mass is 32.2. The van der Waals surface area contributed by atoms with Crippen LogP contribution in [0.25, 0.3) is 0 Å². The third-order valence-electron chi connectivity index (χ3n) is 4.80. The van der Waals surface area contributed by atoms with E-state index in [2.05, 4.69) is 20.8 Å². The SMILES string of the molecule is Cc1nnc(SCC2=C(C(=O)O)N3C(=O)C(NC(=O)NCc4ccc(O)cc4)[C@@H]3SC2)s1. The van der Waals surface area contributed by atoms with Crippen molar-refractivity contribution < 1.29 is 24.6 Å². The number of carbonyl (C=O) groups excluding carboxylic acids is 2. The third-order valence-corrected chi connectivity index (χ3v) is 8.20. The van der Waals surface area contributed by atoms with Crippen LogP contribution in [0.3, 0.4) is 0 Å². The van der Waals surface area contributed by atoms with E-state index in [-0.39, 0.29) is 18.0 Å². The van der Waals surface area contributed by atoms with E-state index in [4.69, 9.17) is 0 Å². The van der Waals surface area contributed by atoms with Gasteiger partial charge in [0.2, 0.25) is 0 Å². The van der Waals surface area contributed by atoms with Gasteiger partial charge in [0, 0.05) is 18.1 Å². The van der Waals surface area contributed by atoms with Crippen molar-refractivity contribution in [3.8, 4) is 5.75 Å². The number of hydrogen-bond donors (Lipinski definition) is 4. The monoisotopic (exact) mass is 493 g/mol. The van der Waals surface area contributed by atoms with Gasteiger partial charge >= 0.3 is 12.0 Å². The molecule has 4 rings (SSSR count). The van der Waals surface area contributed by atoms with E-state index >= 15 is 0 Å². The van der Waals surface area contributed by atoms with Gasteiger partial charge in [0.15, 0.2) is 4.34 Å². The van der Waals surface area contributed by atoms with Crippen LogP contribution >= 0.6 is 34.9 Å². The molecule has 1 saturated heterocycles. The van der Waals surface area contributed by atoms with Crippen LogP contribution in [0.5, 0.6) is 5.75 Å². The van der Waals surface area contributed by atoms with Gasteiger partial charge in [-0.3, -0.25) is 9.69 Å². The molecule has 2 atom stereocenters. The molecule has 168 valence electrons. The predicted molar refractivity (Wildman–Crippen MR) is 120 cm³/mol. The number of urea groups is 1. The average molecular weight is 494 g/mol. The van der Waals surface area contributed by atoms with Gasteiger partial charge in [-0.2, -0.15) is 0 Å². The number of carbonyl (C=O) groups is 3. The number of aliphatic carboxylic acids is 1. The number of phenols is 1. The molecule has 0 bridgehead atoms. The Balaban J connectivity index is 1.37. The zero-order chi connectivity index (χ0) is 22.8. The standard InChI is InChI=1S/C19H19N5O5S3/c1-9-22-23-19(32-9)31-8-11-7-30-16-13(15(26)24(16)14(11)17(27)28)21-18(29)20-6-10-2-4-12(25)5-3-10/h2-5,13,16,25H,6-8H2,1H3,(H,27,28)(H2,20,21,29)/t13?,16-/m0/s1. The van der Waals surface area contributed by atoms with Gasteiger partial charge in [-0.15, -0.1) is 22.0 Å². The second-order valence-electron chi connectivity index (χ2n) is 7.01. The summed E-state index contributed by atoms with van der Waals surface area (Å²) >= 11 is 4.24. The number of thioether (sulfide) groups is 2. The molecule has 0 radical (unpaired) electrons. The molecule has 2 aliphatic rings. The summed E-state index contributed by atoms with van der Waals surface area (Å²) in [5.74, 6) is -0.651. The minimum absolute atomic E-state index is 0.0185. The summed E-state index contributed by atoms with van der Waals surface area (Å²) in [6.45, 7) is 2.07. The molecular weight excluding hydrogens is 474 g/mol. The molecule has 1 aromatic heterocycles. The first-order chi connectivity index (χ1) is 15.3. The maximum Gasteiger partial charge on any atom is 0.352 e. The highest BCUT2D eigenvalue weighted by Crippen LogP contribution is 2.41. The Morgan fingerprint density at radius 1 is 1.28 bits per heavy atom. The molecule has 1 aromatic carbocycles. The maximum absolute atomic E-state index is 12.7. The van der Waals surface area contributed by atoms with Gasteiger partial charge in [-0.05, 0) is 30.2 Å². The number of β-lactam (4-membered cyclic amide) rings is 1. The Hall–Kier alpha value is -2.77. The van der Waals surface area contributed by atoms with Crippen LogP contribution in [-0.4, -0.2) is 66.1 Å². The fraction of sp³-hybridized carbons (Fsp3) is 0.316. The normalized spacial score (nSPS) is 19.9. The zero-order valence-corrected chi connectivity index (χ0v) is 19.2. The largest absolute Gasteiger partial charge is 0.508 e. The van der Waals surface area contributed by atoms with E-state index < -0.39 is 29.3 Å². The van der Waals surface area contributed by atoms with Gasteiger partial charge in [0.1, 0.15) is 27.9 Å². The summed E-state index contributed by atoms with van der Waals surface area (Å²) in [6.07, 6.45) is 0. The summed E-state index contributed by atoms with van der Waals surface area (Å²) in [6, 6.07) is 5.07. The molecule has 1 unspecified atom stereocenters. The fourth-order valence-corrected chi connectivity index (χ4v) is 6.57. The van der Waals surface area contributed by atoms with Crippen molar-refractivity contribution in [1.82, 2.24) is 25.7 Å². The van der Waals surface area contributed by atoms with Gasteiger partial charge in [0.05, 0.1) is 0 Å². The number of benzene rings is 1. The topological polar surface area (TPSA) is 145 Å². The molecule has 0 aliphatic carbocycles. The number of phenolic OH excluding ortho intramolecular Hbond substituents is 1. The number of nitrogens with one attached hydrogen (secondary N) is 2. The van der Waals surface area contributed by atoms with Crippen molar-refractivity contribution in [2.45, 2.75) is 29.2 Å². The molecular formula is C19H19N5O5S3. The van der Waals surface area contributed by atoms with Crippen LogP contribution in [0.4, 0.5) is 4.79 Å². The number of hydrogen-bond acceptors (Lipinski definition) is 9. The molecule has 0 spiro atoms. The summed E-state index contributed by atoms with van der Waals surface area (Å²) in [5.41, 5.74) is 1.41. The molecule has 1 fully saturated rings. The Bertz CT molecular complexity index is 1090. The molecule has 2 aromatic rings. The summed E-state index contributed by atoms with van der Waals surface area (Å²) < 4.78 is 0.742. The first kappa shape index (κ1) is 22.4. The number of amides is 3. The Labute approximate surface area is 195 Å². The number of nitrogens with zero attached hydrogens (tertiary/aromatic N) is 3. The lowest BCUT2D eigenvalue weighted by Crippen LogP contribution is -2.71. The third kappa shape index (κ3) is 4.69. The Kier molecular flexibility index (Phi) is 6.58. The predicted octanol–water partition coefficient (Wildman–Crippen LogP) is 1.77. The summed E-state index contributed by atoms with van der Waals surface area (Å²) in [5, 5.41) is 32.7. The van der Waals surface area contributed by atoms with E-state index in [1.807, 2.05) is 6.92 Å². The van der Waals surface area contributed by atoms with Gasteiger partial charge < -0.3 is 20.8 Å². The molecule has 4 N–H and O–H groups in total. The van der Waals surface area contributed by atoms with Gasteiger partial charge in [0.25, 0.3) is 5.91 Å². The Morgan fingerprint density at radius 3 is 2.69 bits per heavy atom. The van der Waals surface area contributed by atoms with Gasteiger partial charge in [-0.1, -0.05) is 35.2 Å². The van der Waals surface area contributed by atoms with E-state index in [9.17, 15) is 24.6 Å². The number of aromatic hydroxyl groups is 1. The molecule has 13 heteroatoms. The fourth-order valence-electron chi connectivity index (χ4n) is 3.27. The van der Waals surface area contributed by atoms with Crippen molar-refractivity contribution in [2.75, 3.05) is 11.5 Å². The van der Waals surface area contributed by atoms with E-state index in [0.717, 1.165) is 14.9 Å². The lowest BCUT2D eigenvalue weighted by Gasteiger charge is -2.49. The number of aryl methyl sites for hydroxylation is 1. The summed E-state index contributed by atoms with van der Waals surface area (Å²) in [7, 11) is 0. The highest BCUT2D eigenvalue weighted by molar-refractivity contribution is 8.01. The highest BCUT2D eigenvalue weighted by Gasteiger charge is 2.54. The van der Waals surface area contributed by atoms with E-state index in [1.54, 1.807) is 12.1 Å². The first-order valence-electron chi connectivity index (χ1n) is 9.48. The first-order valence-corrected chi connectivity index (χ1v) is 12.3. The smallest absolute Gasteiger partial charge is 0.352 e. The lowest BCUT2D eigenvalue weighted by molar-refractivity contribution is -0.148. The maximum atomic E-state index is 12.7. The quantitative estimate of drug-likeness (QED) is 0.335. The second kappa shape index (κ2) is 9.38. The van der Waals surface area contributed by atoms with Crippen molar-refractivity contribution >= 4 is 52.8 Å². The van der Waals surface area contributed by atoms with Crippen LogP contribution < -0.4 is 10.6 Å². The van der Waals surface area contributed by atoms with Crippen LogP contribution in [0.2, 0.25) is 0 Å². The van der Waals surface area contributed by atoms with Crippen molar-refractivity contribution in [1.29, 1.82) is 0 Å². The minimum Gasteiger partial charge on any atom is -0.508 e. The molecule has 32 heavy (non-hydrogen) atoms. The molecule has 2 aliphatic heterocycles. The van der Waals surface area contributed by atoms with Crippen LogP contribution in [0, 0.1) is 6.92 Å². The van der Waals surface area contributed by atoms with Crippen LogP contribution in [0.1, 0.15) is 10.6 Å². The van der Waals surface area contributed by atoms with Crippen molar-refractivity contribution in [2.24, 2.45) is 0 Å². The zero-order valence-electron chi connectivity index (χ0n) is 16.8. The van der Waals surface area contributed by atoms with E-state index in [1.165, 1.54) is 51.9 Å².